The van der Waals surface area contributed by atoms with Crippen molar-refractivity contribution in [2.24, 2.45) is 11.7 Å². The molecule has 1 aliphatic heterocycles. The minimum absolute atomic E-state index is 0.199. The molecule has 176 valence electrons. The third kappa shape index (κ3) is 8.67. The van der Waals surface area contributed by atoms with E-state index in [2.05, 4.69) is 10.3 Å². The summed E-state index contributed by atoms with van der Waals surface area (Å²) >= 11 is 7.43. The number of rotatable bonds is 6. The molecule has 8 nitrogen and oxygen atoms in total. The van der Waals surface area contributed by atoms with E-state index in [9.17, 15) is 18.0 Å². The molecule has 1 saturated heterocycles. The smallest absolute Gasteiger partial charge is 0.475 e. The predicted octanol–water partition coefficient (Wildman–Crippen LogP) is 3.05. The number of hydrogen-bond acceptors (Lipinski definition) is 6. The zero-order chi connectivity index (χ0) is 23.7. The average molecular weight is 494 g/mol. The molecule has 0 saturated carbocycles. The summed E-state index contributed by atoms with van der Waals surface area (Å²) in [5, 5.41) is 15.9. The first-order valence-electron chi connectivity index (χ1n) is 9.63. The molecule has 1 amide bonds. The van der Waals surface area contributed by atoms with E-state index in [1.165, 1.54) is 0 Å². The van der Waals surface area contributed by atoms with E-state index in [0.717, 1.165) is 43.1 Å². The first kappa shape index (κ1) is 25.9. The predicted molar refractivity (Wildman–Crippen MR) is 113 cm³/mol. The SMILES string of the molecule is NCc1cn(CC2CCN(C(=O)CSc3ccc(Cl)cc3)CC2)nn1.O=C(O)C(F)(F)F. The summed E-state index contributed by atoms with van der Waals surface area (Å²) in [5.74, 6) is -1.56. The summed E-state index contributed by atoms with van der Waals surface area (Å²) in [4.78, 5) is 24.3. The van der Waals surface area contributed by atoms with Gasteiger partial charge in [0.05, 0.1) is 11.4 Å². The fourth-order valence-corrected chi connectivity index (χ4v) is 3.85. The minimum atomic E-state index is -5.08. The van der Waals surface area contributed by atoms with Crippen molar-refractivity contribution in [1.29, 1.82) is 0 Å². The molecule has 2 aromatic rings. The number of nitrogens with zero attached hydrogens (tertiary/aromatic N) is 4. The lowest BCUT2D eigenvalue weighted by Crippen LogP contribution is -2.40. The molecule has 32 heavy (non-hydrogen) atoms. The second-order valence-electron chi connectivity index (χ2n) is 7.01. The Labute approximate surface area is 191 Å². The average Bonchev–Trinajstić information content (AvgIpc) is 3.21. The van der Waals surface area contributed by atoms with Crippen molar-refractivity contribution in [3.63, 3.8) is 0 Å². The second kappa shape index (κ2) is 12.1. The number of hydrogen-bond donors (Lipinski definition) is 2. The van der Waals surface area contributed by atoms with Gasteiger partial charge in [-0.25, -0.2) is 4.79 Å². The van der Waals surface area contributed by atoms with Crippen molar-refractivity contribution in [2.75, 3.05) is 18.8 Å². The monoisotopic (exact) mass is 493 g/mol. The molecule has 13 heteroatoms. The van der Waals surface area contributed by atoms with E-state index >= 15 is 0 Å². The zero-order valence-corrected chi connectivity index (χ0v) is 18.5. The highest BCUT2D eigenvalue weighted by Gasteiger charge is 2.38. The normalized spacial score (nSPS) is 14.6. The van der Waals surface area contributed by atoms with Crippen molar-refractivity contribution in [1.82, 2.24) is 19.9 Å². The van der Waals surface area contributed by atoms with Gasteiger partial charge in [-0.1, -0.05) is 16.8 Å². The zero-order valence-electron chi connectivity index (χ0n) is 17.0. The largest absolute Gasteiger partial charge is 0.490 e. The van der Waals surface area contributed by atoms with Crippen LogP contribution >= 0.6 is 23.4 Å². The number of carbonyl (C=O) groups is 2. The van der Waals surface area contributed by atoms with Gasteiger partial charge in [-0.3, -0.25) is 9.48 Å². The lowest BCUT2D eigenvalue weighted by Gasteiger charge is -2.31. The van der Waals surface area contributed by atoms with Gasteiger partial charge in [-0.05, 0) is 43.0 Å². The van der Waals surface area contributed by atoms with Gasteiger partial charge in [0.2, 0.25) is 5.91 Å². The van der Waals surface area contributed by atoms with E-state index in [-0.39, 0.29) is 5.91 Å². The standard InChI is InChI=1S/C17H22ClN5OS.C2HF3O2/c18-14-1-3-16(4-2-14)25-12-17(24)22-7-5-13(6-8-22)10-23-11-15(9-19)20-21-23;3-2(4,5)1(6)7/h1-4,11,13H,5-10,12,19H2;(H,6,7). The van der Waals surface area contributed by atoms with Gasteiger partial charge < -0.3 is 15.7 Å². The van der Waals surface area contributed by atoms with Gasteiger partial charge in [0, 0.05) is 42.3 Å². The van der Waals surface area contributed by atoms with Crippen LogP contribution in [0.5, 0.6) is 0 Å². The van der Waals surface area contributed by atoms with Gasteiger partial charge in [0.1, 0.15) is 0 Å². The summed E-state index contributed by atoms with van der Waals surface area (Å²) in [5.41, 5.74) is 6.37. The third-order valence-corrected chi connectivity index (χ3v) is 5.87. The van der Waals surface area contributed by atoms with Gasteiger partial charge in [-0.15, -0.1) is 16.9 Å². The van der Waals surface area contributed by atoms with Crippen LogP contribution in [0.15, 0.2) is 35.4 Å². The van der Waals surface area contributed by atoms with Crippen LogP contribution in [0.4, 0.5) is 13.2 Å². The Bertz CT molecular complexity index is 887. The summed E-state index contributed by atoms with van der Waals surface area (Å²) in [7, 11) is 0. The molecule has 1 fully saturated rings. The Morgan fingerprint density at radius 2 is 1.81 bits per heavy atom. The number of likely N-dealkylation sites (tertiary alicyclic amines) is 1. The Morgan fingerprint density at radius 3 is 2.31 bits per heavy atom. The van der Waals surface area contributed by atoms with Crippen LogP contribution in [-0.2, 0) is 22.7 Å². The number of piperidine rings is 1. The summed E-state index contributed by atoms with van der Waals surface area (Å²) < 4.78 is 33.6. The van der Waals surface area contributed by atoms with Gasteiger partial charge in [-0.2, -0.15) is 13.2 Å². The highest BCUT2D eigenvalue weighted by Crippen LogP contribution is 2.23. The Morgan fingerprint density at radius 1 is 1.22 bits per heavy atom. The van der Waals surface area contributed by atoms with Crippen molar-refractivity contribution < 1.29 is 27.9 Å². The van der Waals surface area contributed by atoms with E-state index in [1.807, 2.05) is 40.0 Å². The highest BCUT2D eigenvalue weighted by molar-refractivity contribution is 8.00. The molecule has 3 rings (SSSR count). The maximum atomic E-state index is 12.4. The number of alkyl halides is 3. The van der Waals surface area contributed by atoms with Crippen LogP contribution in [0, 0.1) is 5.92 Å². The number of carboxylic acids is 1. The molecule has 0 bridgehead atoms. The molecule has 0 unspecified atom stereocenters. The summed E-state index contributed by atoms with van der Waals surface area (Å²) in [6, 6.07) is 7.58. The number of aromatic nitrogens is 3. The van der Waals surface area contributed by atoms with E-state index in [1.54, 1.807) is 11.8 Å². The number of thioether (sulfide) groups is 1. The lowest BCUT2D eigenvalue weighted by molar-refractivity contribution is -0.192. The summed E-state index contributed by atoms with van der Waals surface area (Å²) in [6.45, 7) is 2.87. The van der Waals surface area contributed by atoms with Crippen molar-refractivity contribution in [2.45, 2.75) is 37.0 Å². The number of nitrogens with two attached hydrogens (primary N) is 1. The van der Waals surface area contributed by atoms with Gasteiger partial charge >= 0.3 is 12.1 Å². The fourth-order valence-electron chi connectivity index (χ4n) is 2.92. The molecule has 1 aromatic carbocycles. The maximum absolute atomic E-state index is 12.4. The highest BCUT2D eigenvalue weighted by atomic mass is 35.5. The first-order chi connectivity index (χ1) is 15.1. The third-order valence-electron chi connectivity index (χ3n) is 4.63. The summed E-state index contributed by atoms with van der Waals surface area (Å²) in [6.07, 6.45) is -1.19. The van der Waals surface area contributed by atoms with Gasteiger partial charge in [0.25, 0.3) is 0 Å². The number of carboxylic acid groups (broad SMARTS) is 1. The number of halogens is 4. The topological polar surface area (TPSA) is 114 Å². The molecule has 0 aliphatic carbocycles. The van der Waals surface area contributed by atoms with Crippen LogP contribution in [0.25, 0.3) is 0 Å². The molecule has 3 N–H and O–H groups in total. The molecule has 0 radical (unpaired) electrons. The van der Waals surface area contributed by atoms with E-state index in [0.29, 0.717) is 23.2 Å². The minimum Gasteiger partial charge on any atom is -0.475 e. The second-order valence-corrected chi connectivity index (χ2v) is 8.49. The molecular weight excluding hydrogens is 471 g/mol. The van der Waals surface area contributed by atoms with Crippen LogP contribution in [0.3, 0.4) is 0 Å². The van der Waals surface area contributed by atoms with Gasteiger partial charge in [0.15, 0.2) is 0 Å². The quantitative estimate of drug-likeness (QED) is 0.594. The number of benzene rings is 1. The lowest BCUT2D eigenvalue weighted by atomic mass is 9.97. The molecular formula is C19H23ClF3N5O3S. The van der Waals surface area contributed by atoms with Crippen LogP contribution in [0.2, 0.25) is 5.02 Å². The molecule has 1 aliphatic rings. The van der Waals surface area contributed by atoms with Crippen molar-refractivity contribution in [3.05, 3.63) is 41.2 Å². The fraction of sp³-hybridized carbons (Fsp3) is 0.474. The molecule has 0 spiro atoms. The van der Waals surface area contributed by atoms with E-state index < -0.39 is 12.1 Å². The Hall–Kier alpha value is -2.31. The molecule has 1 aromatic heterocycles. The van der Waals surface area contributed by atoms with E-state index in [4.69, 9.17) is 27.2 Å². The van der Waals surface area contributed by atoms with Crippen LogP contribution in [-0.4, -0.2) is 61.9 Å². The Balaban J connectivity index is 0.000000451. The maximum Gasteiger partial charge on any atom is 0.490 e. The molecule has 0 atom stereocenters. The number of aliphatic carboxylic acids is 1. The number of amides is 1. The Kier molecular flexibility index (Phi) is 9.79. The van der Waals surface area contributed by atoms with Crippen LogP contribution in [0.1, 0.15) is 18.5 Å². The molecule has 2 heterocycles. The van der Waals surface area contributed by atoms with Crippen molar-refractivity contribution in [3.8, 4) is 0 Å². The first-order valence-corrected chi connectivity index (χ1v) is 11.0. The number of carbonyl (C=O) groups excluding carboxylic acids is 1. The van der Waals surface area contributed by atoms with Crippen LogP contribution < -0.4 is 5.73 Å². The van der Waals surface area contributed by atoms with Crippen molar-refractivity contribution >= 4 is 35.2 Å².